The van der Waals surface area contributed by atoms with Gasteiger partial charge in [0.25, 0.3) is 0 Å². The lowest BCUT2D eigenvalue weighted by atomic mass is 10.0. The van der Waals surface area contributed by atoms with E-state index in [1.165, 1.54) is 186 Å². The monoisotopic (exact) mass is 511 g/mol. The minimum atomic E-state index is -1.10. The molecule has 36 heavy (non-hydrogen) atoms. The van der Waals surface area contributed by atoms with Crippen LogP contribution >= 0.6 is 0 Å². The minimum Gasteiger partial charge on any atom is -0.368 e. The highest BCUT2D eigenvalue weighted by Crippen LogP contribution is 2.16. The first-order valence-corrected chi connectivity index (χ1v) is 17.1. The lowest BCUT2D eigenvalue weighted by Crippen LogP contribution is -2.02. The van der Waals surface area contributed by atoms with Crippen LogP contribution in [0.3, 0.4) is 0 Å². The van der Waals surface area contributed by atoms with Crippen LogP contribution in [-0.2, 0) is 0 Å². The van der Waals surface area contributed by atoms with Gasteiger partial charge in [0.15, 0.2) is 6.29 Å². The lowest BCUT2D eigenvalue weighted by molar-refractivity contribution is -0.0466. The first-order valence-electron chi connectivity index (χ1n) is 17.1. The molecule has 0 saturated heterocycles. The number of hydrogen-bond donors (Lipinski definition) is 2. The predicted molar refractivity (Wildman–Crippen MR) is 162 cm³/mol. The molecule has 0 fully saturated rings. The minimum absolute atomic E-state index is 0.541. The van der Waals surface area contributed by atoms with Crippen molar-refractivity contribution in [3.8, 4) is 0 Å². The Labute approximate surface area is 228 Å². The lowest BCUT2D eigenvalue weighted by Gasteiger charge is -2.05. The fraction of sp³-hybridized carbons (Fsp3) is 1.00. The highest BCUT2D eigenvalue weighted by molar-refractivity contribution is 4.52. The zero-order valence-corrected chi connectivity index (χ0v) is 25.1. The van der Waals surface area contributed by atoms with Crippen LogP contribution in [0.1, 0.15) is 212 Å². The van der Waals surface area contributed by atoms with Crippen molar-refractivity contribution in [3.63, 3.8) is 0 Å². The predicted octanol–water partition coefficient (Wildman–Crippen LogP) is 11.8. The maximum absolute atomic E-state index is 8.82. The number of unbranched alkanes of at least 4 members (excludes halogenated alkanes) is 30. The first kappa shape index (κ1) is 35.9. The standard InChI is InChI=1S/C34H70O2/c1-2-3-4-5-6-7-8-9-10-11-12-13-14-15-16-17-18-19-20-21-22-23-24-25-26-27-28-29-30-31-32-33-34(35)36/h34-36H,2-33H2,1H3. The molecule has 0 rings (SSSR count). The van der Waals surface area contributed by atoms with Gasteiger partial charge in [0.05, 0.1) is 0 Å². The fourth-order valence-corrected chi connectivity index (χ4v) is 5.53. The summed E-state index contributed by atoms with van der Waals surface area (Å²) in [6.07, 6.45) is 43.4. The van der Waals surface area contributed by atoms with Crippen LogP contribution < -0.4 is 0 Å². The highest BCUT2D eigenvalue weighted by Gasteiger charge is 1.98. The van der Waals surface area contributed by atoms with E-state index < -0.39 is 6.29 Å². The molecule has 0 aromatic heterocycles. The van der Waals surface area contributed by atoms with Crippen LogP contribution in [0.4, 0.5) is 0 Å². The third kappa shape index (κ3) is 33.9. The summed E-state index contributed by atoms with van der Waals surface area (Å²) in [5, 5.41) is 17.6. The third-order valence-electron chi connectivity index (χ3n) is 8.07. The van der Waals surface area contributed by atoms with Crippen LogP contribution in [0, 0.1) is 0 Å². The summed E-state index contributed by atoms with van der Waals surface area (Å²) in [7, 11) is 0. The van der Waals surface area contributed by atoms with E-state index in [0.29, 0.717) is 6.42 Å². The highest BCUT2D eigenvalue weighted by atomic mass is 16.5. The van der Waals surface area contributed by atoms with Gasteiger partial charge in [-0.15, -0.1) is 0 Å². The van der Waals surface area contributed by atoms with Gasteiger partial charge in [-0.1, -0.05) is 200 Å². The number of hydrogen-bond acceptors (Lipinski definition) is 2. The smallest absolute Gasteiger partial charge is 0.151 e. The van der Waals surface area contributed by atoms with Crippen molar-refractivity contribution < 1.29 is 10.2 Å². The Balaban J connectivity index is 3.01. The number of rotatable bonds is 32. The second-order valence-corrected chi connectivity index (χ2v) is 11.9. The summed E-state index contributed by atoms with van der Waals surface area (Å²) in [5.41, 5.74) is 0. The molecule has 0 aromatic carbocycles. The molecule has 0 unspecified atom stereocenters. The van der Waals surface area contributed by atoms with Gasteiger partial charge < -0.3 is 10.2 Å². The van der Waals surface area contributed by atoms with Gasteiger partial charge in [-0.2, -0.15) is 0 Å². The molecule has 2 N–H and O–H groups in total. The summed E-state index contributed by atoms with van der Waals surface area (Å²) in [6.45, 7) is 2.30. The van der Waals surface area contributed by atoms with E-state index in [0.717, 1.165) is 12.8 Å². The van der Waals surface area contributed by atoms with Gasteiger partial charge in [-0.3, -0.25) is 0 Å². The molecule has 218 valence electrons. The molecule has 0 radical (unpaired) electrons. The van der Waals surface area contributed by atoms with E-state index in [-0.39, 0.29) is 0 Å². The first-order chi connectivity index (χ1) is 17.8. The Hall–Kier alpha value is -0.0800. The van der Waals surface area contributed by atoms with Crippen molar-refractivity contribution in [2.75, 3.05) is 0 Å². The Morgan fingerprint density at radius 3 is 0.611 bits per heavy atom. The molecule has 0 atom stereocenters. The van der Waals surface area contributed by atoms with E-state index in [4.69, 9.17) is 10.2 Å². The van der Waals surface area contributed by atoms with E-state index >= 15 is 0 Å². The Morgan fingerprint density at radius 1 is 0.278 bits per heavy atom. The average Bonchev–Trinajstić information content (AvgIpc) is 2.87. The van der Waals surface area contributed by atoms with Crippen LogP contribution in [-0.4, -0.2) is 16.5 Å². The maximum Gasteiger partial charge on any atom is 0.151 e. The molecule has 0 aromatic rings. The summed E-state index contributed by atoms with van der Waals surface area (Å²) >= 11 is 0. The molecule has 0 spiro atoms. The molecular weight excluding hydrogens is 440 g/mol. The Bertz CT molecular complexity index is 368. The summed E-state index contributed by atoms with van der Waals surface area (Å²) in [6, 6.07) is 0. The van der Waals surface area contributed by atoms with Crippen LogP contribution in [0.2, 0.25) is 0 Å². The molecule has 2 heteroatoms. The molecule has 0 heterocycles. The molecular formula is C34H70O2. The van der Waals surface area contributed by atoms with E-state index in [1.807, 2.05) is 0 Å². The van der Waals surface area contributed by atoms with Crippen molar-refractivity contribution in [2.24, 2.45) is 0 Å². The molecule has 0 aliphatic carbocycles. The van der Waals surface area contributed by atoms with Crippen molar-refractivity contribution in [1.29, 1.82) is 0 Å². The van der Waals surface area contributed by atoms with Gasteiger partial charge in [-0.05, 0) is 12.8 Å². The number of aliphatic hydroxyl groups excluding tert-OH is 1. The third-order valence-corrected chi connectivity index (χ3v) is 8.07. The maximum atomic E-state index is 8.82. The summed E-state index contributed by atoms with van der Waals surface area (Å²) in [4.78, 5) is 0. The largest absolute Gasteiger partial charge is 0.368 e. The van der Waals surface area contributed by atoms with Gasteiger partial charge in [0.1, 0.15) is 0 Å². The SMILES string of the molecule is CCCCCCCCCCCCCCCCCCCCCCCCCCCCCCCCCC(O)O. The van der Waals surface area contributed by atoms with Crippen molar-refractivity contribution in [2.45, 2.75) is 219 Å². The van der Waals surface area contributed by atoms with Crippen LogP contribution in [0.5, 0.6) is 0 Å². The summed E-state index contributed by atoms with van der Waals surface area (Å²) in [5.74, 6) is 0. The molecule has 0 aliphatic heterocycles. The molecule has 2 nitrogen and oxygen atoms in total. The average molecular weight is 511 g/mol. The van der Waals surface area contributed by atoms with Crippen LogP contribution in [0.15, 0.2) is 0 Å². The molecule has 0 bridgehead atoms. The van der Waals surface area contributed by atoms with Crippen molar-refractivity contribution in [3.05, 3.63) is 0 Å². The van der Waals surface area contributed by atoms with E-state index in [1.54, 1.807) is 0 Å². The van der Waals surface area contributed by atoms with Gasteiger partial charge in [-0.25, -0.2) is 0 Å². The number of aliphatic hydroxyl groups is 2. The van der Waals surface area contributed by atoms with Gasteiger partial charge in [0, 0.05) is 0 Å². The van der Waals surface area contributed by atoms with Crippen molar-refractivity contribution in [1.82, 2.24) is 0 Å². The van der Waals surface area contributed by atoms with Gasteiger partial charge in [0.2, 0.25) is 0 Å². The van der Waals surface area contributed by atoms with Gasteiger partial charge >= 0.3 is 0 Å². The Kier molecular flexibility index (Phi) is 32.9. The zero-order chi connectivity index (χ0) is 26.2. The topological polar surface area (TPSA) is 40.5 Å². The molecule has 0 amide bonds. The van der Waals surface area contributed by atoms with E-state index in [2.05, 4.69) is 6.92 Å². The molecule has 0 saturated carbocycles. The summed E-state index contributed by atoms with van der Waals surface area (Å²) < 4.78 is 0. The van der Waals surface area contributed by atoms with E-state index in [9.17, 15) is 0 Å². The van der Waals surface area contributed by atoms with Crippen LogP contribution in [0.25, 0.3) is 0 Å². The Morgan fingerprint density at radius 2 is 0.444 bits per heavy atom. The zero-order valence-electron chi connectivity index (χ0n) is 25.1. The molecule has 0 aliphatic rings. The van der Waals surface area contributed by atoms with Crippen molar-refractivity contribution >= 4 is 0 Å². The quantitative estimate of drug-likeness (QED) is 0.0697. The normalized spacial score (nSPS) is 11.7. The fourth-order valence-electron chi connectivity index (χ4n) is 5.53. The second kappa shape index (κ2) is 32.9. The second-order valence-electron chi connectivity index (χ2n) is 11.9.